The van der Waals surface area contributed by atoms with Crippen LogP contribution in [0.3, 0.4) is 0 Å². The zero-order valence-electron chi connectivity index (χ0n) is 13.3. The molecule has 2 aromatic heterocycles. The first-order chi connectivity index (χ1) is 11.3. The summed E-state index contributed by atoms with van der Waals surface area (Å²) in [7, 11) is 0. The first-order valence-electron chi connectivity index (χ1n) is 8.24. The number of amides is 1. The molecule has 3 heterocycles. The number of hydrogen-bond donors (Lipinski definition) is 1. The molecular weight excluding hydrogens is 310 g/mol. The number of hydrogen-bond acceptors (Lipinski definition) is 5. The van der Waals surface area contributed by atoms with Crippen molar-refractivity contribution in [3.8, 4) is 0 Å². The van der Waals surface area contributed by atoms with Crippen molar-refractivity contribution >= 4 is 27.3 Å². The minimum Gasteiger partial charge on any atom is -0.378 e. The van der Waals surface area contributed by atoms with Crippen molar-refractivity contribution in [3.63, 3.8) is 0 Å². The molecule has 1 saturated heterocycles. The molecule has 0 aromatic carbocycles. The summed E-state index contributed by atoms with van der Waals surface area (Å²) >= 11 is 1.57. The molecule has 1 amide bonds. The molecule has 124 valence electrons. The summed E-state index contributed by atoms with van der Waals surface area (Å²) in [6.45, 7) is 5.19. The quantitative estimate of drug-likeness (QED) is 0.791. The van der Waals surface area contributed by atoms with Gasteiger partial charge in [-0.15, -0.1) is 11.3 Å². The highest BCUT2D eigenvalue weighted by molar-refractivity contribution is 7.17. The predicted octanol–water partition coefficient (Wildman–Crippen LogP) is 2.53. The Morgan fingerprint density at radius 1 is 1.26 bits per heavy atom. The molecule has 0 aliphatic carbocycles. The standard InChI is InChI=1S/C17H23N3O2S/c21-17(15-13-18-12-14-4-11-23-16(14)15)19-5-9-22-10-8-20-6-2-1-3-7-20/h4,11-13H,1-3,5-10H2,(H,19,21). The topological polar surface area (TPSA) is 54.5 Å². The Balaban J connectivity index is 1.35. The van der Waals surface area contributed by atoms with Crippen LogP contribution in [0.15, 0.2) is 23.8 Å². The van der Waals surface area contributed by atoms with Gasteiger partial charge in [-0.1, -0.05) is 6.42 Å². The van der Waals surface area contributed by atoms with E-state index in [1.807, 2.05) is 11.4 Å². The van der Waals surface area contributed by atoms with E-state index in [0.29, 0.717) is 18.7 Å². The fraction of sp³-hybridized carbons (Fsp3) is 0.529. The first-order valence-corrected chi connectivity index (χ1v) is 9.12. The SMILES string of the molecule is O=C(NCCOCCN1CCCCC1)c1cncc2ccsc12. The Labute approximate surface area is 140 Å². The average molecular weight is 333 g/mol. The third-order valence-electron chi connectivity index (χ3n) is 4.13. The molecular formula is C17H23N3O2S. The maximum Gasteiger partial charge on any atom is 0.254 e. The summed E-state index contributed by atoms with van der Waals surface area (Å²) in [6.07, 6.45) is 7.38. The number of fused-ring (bicyclic) bond motifs is 1. The van der Waals surface area contributed by atoms with E-state index < -0.39 is 0 Å². The largest absolute Gasteiger partial charge is 0.378 e. The molecule has 0 radical (unpaired) electrons. The molecule has 0 atom stereocenters. The van der Waals surface area contributed by atoms with E-state index in [4.69, 9.17) is 4.74 Å². The number of rotatable bonds is 7. The molecule has 6 heteroatoms. The number of aromatic nitrogens is 1. The van der Waals surface area contributed by atoms with Gasteiger partial charge in [0.25, 0.3) is 5.91 Å². The molecule has 1 aliphatic heterocycles. The predicted molar refractivity (Wildman–Crippen MR) is 93.1 cm³/mol. The second kappa shape index (κ2) is 8.38. The van der Waals surface area contributed by atoms with Gasteiger partial charge in [-0.25, -0.2) is 0 Å². The molecule has 0 unspecified atom stereocenters. The lowest BCUT2D eigenvalue weighted by Crippen LogP contribution is -2.33. The first kappa shape index (κ1) is 16.4. The smallest absolute Gasteiger partial charge is 0.254 e. The summed E-state index contributed by atoms with van der Waals surface area (Å²) in [6, 6.07) is 1.98. The van der Waals surface area contributed by atoms with Gasteiger partial charge in [-0.2, -0.15) is 0 Å². The number of carbonyl (C=O) groups is 1. The van der Waals surface area contributed by atoms with Gasteiger partial charge in [0.05, 0.1) is 23.5 Å². The highest BCUT2D eigenvalue weighted by Gasteiger charge is 2.11. The van der Waals surface area contributed by atoms with E-state index in [1.165, 1.54) is 32.4 Å². The molecule has 1 aliphatic rings. The van der Waals surface area contributed by atoms with Crippen LogP contribution in [0, 0.1) is 0 Å². The van der Waals surface area contributed by atoms with Crippen molar-refractivity contribution in [1.82, 2.24) is 15.2 Å². The van der Waals surface area contributed by atoms with Crippen molar-refractivity contribution in [3.05, 3.63) is 29.4 Å². The number of carbonyl (C=O) groups excluding carboxylic acids is 1. The number of pyridine rings is 1. The molecule has 23 heavy (non-hydrogen) atoms. The zero-order valence-corrected chi connectivity index (χ0v) is 14.1. The maximum absolute atomic E-state index is 12.2. The molecule has 5 nitrogen and oxygen atoms in total. The van der Waals surface area contributed by atoms with Crippen molar-refractivity contribution in [2.45, 2.75) is 19.3 Å². The lowest BCUT2D eigenvalue weighted by Gasteiger charge is -2.26. The van der Waals surface area contributed by atoms with Gasteiger partial charge < -0.3 is 15.0 Å². The van der Waals surface area contributed by atoms with Gasteiger partial charge in [0.2, 0.25) is 0 Å². The molecule has 1 fully saturated rings. The number of nitrogens with one attached hydrogen (secondary N) is 1. The van der Waals surface area contributed by atoms with Crippen LogP contribution in [0.25, 0.3) is 10.1 Å². The van der Waals surface area contributed by atoms with Crippen molar-refractivity contribution in [2.24, 2.45) is 0 Å². The second-order valence-electron chi connectivity index (χ2n) is 5.80. The second-order valence-corrected chi connectivity index (χ2v) is 6.71. The normalized spacial score (nSPS) is 15.8. The molecule has 0 saturated carbocycles. The van der Waals surface area contributed by atoms with Crippen LogP contribution in [0.5, 0.6) is 0 Å². The van der Waals surface area contributed by atoms with E-state index >= 15 is 0 Å². The minimum absolute atomic E-state index is 0.0785. The summed E-state index contributed by atoms with van der Waals surface area (Å²) in [5, 5.41) is 5.90. The number of nitrogens with zero attached hydrogens (tertiary/aromatic N) is 2. The fourth-order valence-corrected chi connectivity index (χ4v) is 3.74. The Morgan fingerprint density at radius 2 is 2.13 bits per heavy atom. The van der Waals surface area contributed by atoms with Crippen LogP contribution in [-0.4, -0.2) is 55.2 Å². The number of piperidine rings is 1. The number of thiophene rings is 1. The summed E-state index contributed by atoms with van der Waals surface area (Å²) in [5.41, 5.74) is 0.644. The van der Waals surface area contributed by atoms with Crippen molar-refractivity contribution in [2.75, 3.05) is 39.4 Å². The van der Waals surface area contributed by atoms with Crippen LogP contribution in [0.2, 0.25) is 0 Å². The number of ether oxygens (including phenoxy) is 1. The van der Waals surface area contributed by atoms with Crippen molar-refractivity contribution in [1.29, 1.82) is 0 Å². The highest BCUT2D eigenvalue weighted by atomic mass is 32.1. The summed E-state index contributed by atoms with van der Waals surface area (Å²) in [5.74, 6) is -0.0785. The Morgan fingerprint density at radius 3 is 3.00 bits per heavy atom. The lowest BCUT2D eigenvalue weighted by molar-refractivity contribution is 0.0858. The number of likely N-dealkylation sites (tertiary alicyclic amines) is 1. The minimum atomic E-state index is -0.0785. The molecule has 2 aromatic rings. The van der Waals surface area contributed by atoms with E-state index in [1.54, 1.807) is 23.7 Å². The average Bonchev–Trinajstić information content (AvgIpc) is 3.07. The van der Waals surface area contributed by atoms with Crippen LogP contribution in [0.1, 0.15) is 29.6 Å². The molecule has 0 bridgehead atoms. The summed E-state index contributed by atoms with van der Waals surface area (Å²) < 4.78 is 6.62. The Hall–Kier alpha value is -1.50. The van der Waals surface area contributed by atoms with E-state index in [2.05, 4.69) is 15.2 Å². The van der Waals surface area contributed by atoms with Gasteiger partial charge in [0, 0.05) is 30.9 Å². The molecule has 1 N–H and O–H groups in total. The van der Waals surface area contributed by atoms with E-state index in [9.17, 15) is 4.79 Å². The Bertz CT molecular complexity index is 638. The van der Waals surface area contributed by atoms with Gasteiger partial charge in [0.15, 0.2) is 0 Å². The van der Waals surface area contributed by atoms with Crippen LogP contribution in [0.4, 0.5) is 0 Å². The van der Waals surface area contributed by atoms with Gasteiger partial charge in [-0.3, -0.25) is 9.78 Å². The zero-order chi connectivity index (χ0) is 15.9. The Kier molecular flexibility index (Phi) is 5.96. The maximum atomic E-state index is 12.2. The van der Waals surface area contributed by atoms with E-state index in [0.717, 1.165) is 23.2 Å². The fourth-order valence-electron chi connectivity index (χ4n) is 2.86. The van der Waals surface area contributed by atoms with Crippen LogP contribution >= 0.6 is 11.3 Å². The van der Waals surface area contributed by atoms with Gasteiger partial charge in [0.1, 0.15) is 0 Å². The van der Waals surface area contributed by atoms with Crippen LogP contribution in [-0.2, 0) is 4.74 Å². The lowest BCUT2D eigenvalue weighted by atomic mass is 10.1. The third-order valence-corrected chi connectivity index (χ3v) is 5.10. The monoisotopic (exact) mass is 333 g/mol. The van der Waals surface area contributed by atoms with E-state index in [-0.39, 0.29) is 5.91 Å². The highest BCUT2D eigenvalue weighted by Crippen LogP contribution is 2.23. The summed E-state index contributed by atoms with van der Waals surface area (Å²) in [4.78, 5) is 18.8. The van der Waals surface area contributed by atoms with Crippen LogP contribution < -0.4 is 5.32 Å². The van der Waals surface area contributed by atoms with Gasteiger partial charge in [-0.05, 0) is 37.4 Å². The molecule has 3 rings (SSSR count). The molecule has 0 spiro atoms. The van der Waals surface area contributed by atoms with Gasteiger partial charge >= 0.3 is 0 Å². The third kappa shape index (κ3) is 4.50. The van der Waals surface area contributed by atoms with Crippen molar-refractivity contribution < 1.29 is 9.53 Å².